The van der Waals surface area contributed by atoms with E-state index in [1.165, 1.54) is 5.56 Å². The van der Waals surface area contributed by atoms with Crippen molar-refractivity contribution in [2.75, 3.05) is 26.8 Å². The molecular formula is C17H22N2O3. The number of hydrogen-bond donors (Lipinski definition) is 1. The van der Waals surface area contributed by atoms with Gasteiger partial charge in [0, 0.05) is 26.6 Å². The average Bonchev–Trinajstić information content (AvgIpc) is 2.86. The minimum atomic E-state index is -0.183. The molecule has 22 heavy (non-hydrogen) atoms. The molecule has 5 nitrogen and oxygen atoms in total. The SMILES string of the molecule is CN1CC(NC(=O)[C@@H]2COCC[C@@H]2c2ccccc2)CC1=O. The summed E-state index contributed by atoms with van der Waals surface area (Å²) >= 11 is 0. The summed E-state index contributed by atoms with van der Waals surface area (Å²) in [5.41, 5.74) is 1.19. The zero-order chi connectivity index (χ0) is 15.5. The highest BCUT2D eigenvalue weighted by atomic mass is 16.5. The van der Waals surface area contributed by atoms with Crippen LogP contribution >= 0.6 is 0 Å². The predicted molar refractivity (Wildman–Crippen MR) is 82.3 cm³/mol. The highest BCUT2D eigenvalue weighted by molar-refractivity contribution is 5.83. The van der Waals surface area contributed by atoms with Crippen molar-refractivity contribution in [1.82, 2.24) is 10.2 Å². The molecule has 2 aliphatic heterocycles. The first kappa shape index (κ1) is 15.0. The highest BCUT2D eigenvalue weighted by Crippen LogP contribution is 2.32. The molecule has 1 aromatic rings. The molecule has 1 unspecified atom stereocenters. The van der Waals surface area contributed by atoms with Gasteiger partial charge < -0.3 is 15.0 Å². The quantitative estimate of drug-likeness (QED) is 0.911. The number of amides is 2. The van der Waals surface area contributed by atoms with E-state index in [1.54, 1.807) is 11.9 Å². The van der Waals surface area contributed by atoms with Gasteiger partial charge in [-0.25, -0.2) is 0 Å². The van der Waals surface area contributed by atoms with Gasteiger partial charge in [-0.1, -0.05) is 30.3 Å². The Morgan fingerprint density at radius 1 is 1.32 bits per heavy atom. The first-order chi connectivity index (χ1) is 10.6. The van der Waals surface area contributed by atoms with Gasteiger partial charge in [-0.15, -0.1) is 0 Å². The number of carbonyl (C=O) groups excluding carboxylic acids is 2. The van der Waals surface area contributed by atoms with Crippen molar-refractivity contribution < 1.29 is 14.3 Å². The number of carbonyl (C=O) groups is 2. The minimum Gasteiger partial charge on any atom is -0.381 e. The van der Waals surface area contributed by atoms with Crippen molar-refractivity contribution in [2.24, 2.45) is 5.92 Å². The van der Waals surface area contributed by atoms with Gasteiger partial charge in [-0.05, 0) is 17.9 Å². The fourth-order valence-corrected chi connectivity index (χ4v) is 3.36. The Morgan fingerprint density at radius 3 is 2.77 bits per heavy atom. The molecule has 2 fully saturated rings. The maximum atomic E-state index is 12.6. The number of likely N-dealkylation sites (N-methyl/N-ethyl adjacent to an activating group) is 1. The number of nitrogens with one attached hydrogen (secondary N) is 1. The van der Waals surface area contributed by atoms with Gasteiger partial charge in [0.15, 0.2) is 0 Å². The molecule has 3 rings (SSSR count). The Kier molecular flexibility index (Phi) is 4.43. The van der Waals surface area contributed by atoms with Crippen LogP contribution in [0.5, 0.6) is 0 Å². The summed E-state index contributed by atoms with van der Waals surface area (Å²) in [7, 11) is 1.77. The number of nitrogens with zero attached hydrogens (tertiary/aromatic N) is 1. The first-order valence-corrected chi connectivity index (χ1v) is 7.82. The molecule has 3 atom stereocenters. The van der Waals surface area contributed by atoms with E-state index in [2.05, 4.69) is 17.4 Å². The predicted octanol–water partition coefficient (Wildman–Crippen LogP) is 1.15. The summed E-state index contributed by atoms with van der Waals surface area (Å²) in [6.07, 6.45) is 1.25. The third kappa shape index (κ3) is 3.14. The molecule has 2 saturated heterocycles. The van der Waals surface area contributed by atoms with E-state index in [1.807, 2.05) is 18.2 Å². The van der Waals surface area contributed by atoms with E-state index in [-0.39, 0.29) is 29.7 Å². The van der Waals surface area contributed by atoms with E-state index >= 15 is 0 Å². The fraction of sp³-hybridized carbons (Fsp3) is 0.529. The Balaban J connectivity index is 1.68. The lowest BCUT2D eigenvalue weighted by molar-refractivity contribution is -0.130. The van der Waals surface area contributed by atoms with Gasteiger partial charge in [0.25, 0.3) is 0 Å². The lowest BCUT2D eigenvalue weighted by Gasteiger charge is -2.31. The second-order valence-electron chi connectivity index (χ2n) is 6.17. The molecule has 118 valence electrons. The van der Waals surface area contributed by atoms with Crippen LogP contribution in [0.25, 0.3) is 0 Å². The van der Waals surface area contributed by atoms with Crippen molar-refractivity contribution in [2.45, 2.75) is 24.8 Å². The van der Waals surface area contributed by atoms with Crippen LogP contribution in [0.2, 0.25) is 0 Å². The third-order valence-corrected chi connectivity index (χ3v) is 4.61. The second-order valence-corrected chi connectivity index (χ2v) is 6.17. The summed E-state index contributed by atoms with van der Waals surface area (Å²) in [5, 5.41) is 3.03. The summed E-state index contributed by atoms with van der Waals surface area (Å²) < 4.78 is 5.52. The Hall–Kier alpha value is -1.88. The van der Waals surface area contributed by atoms with E-state index in [4.69, 9.17) is 4.74 Å². The van der Waals surface area contributed by atoms with E-state index in [0.29, 0.717) is 26.2 Å². The van der Waals surface area contributed by atoms with Gasteiger partial charge in [-0.2, -0.15) is 0 Å². The lowest BCUT2D eigenvalue weighted by Crippen LogP contribution is -2.45. The van der Waals surface area contributed by atoms with Gasteiger partial charge in [-0.3, -0.25) is 9.59 Å². The monoisotopic (exact) mass is 302 g/mol. The molecule has 0 spiro atoms. The summed E-state index contributed by atoms with van der Waals surface area (Å²) in [6.45, 7) is 1.73. The van der Waals surface area contributed by atoms with Crippen LogP contribution in [-0.2, 0) is 14.3 Å². The third-order valence-electron chi connectivity index (χ3n) is 4.61. The van der Waals surface area contributed by atoms with Crippen LogP contribution in [0.15, 0.2) is 30.3 Å². The van der Waals surface area contributed by atoms with Gasteiger partial charge in [0.1, 0.15) is 0 Å². The van der Waals surface area contributed by atoms with Gasteiger partial charge >= 0.3 is 0 Å². The molecule has 2 amide bonds. The molecule has 0 saturated carbocycles. The Morgan fingerprint density at radius 2 is 2.09 bits per heavy atom. The zero-order valence-electron chi connectivity index (χ0n) is 12.8. The molecule has 0 bridgehead atoms. The largest absolute Gasteiger partial charge is 0.381 e. The maximum absolute atomic E-state index is 12.6. The average molecular weight is 302 g/mol. The first-order valence-electron chi connectivity index (χ1n) is 7.82. The van der Waals surface area contributed by atoms with Crippen molar-refractivity contribution in [3.63, 3.8) is 0 Å². The molecule has 0 radical (unpaired) electrons. The molecule has 1 N–H and O–H groups in total. The molecule has 0 aliphatic carbocycles. The normalized spacial score (nSPS) is 28.7. The topological polar surface area (TPSA) is 58.6 Å². The van der Waals surface area contributed by atoms with Crippen LogP contribution in [0.4, 0.5) is 0 Å². The molecule has 1 aromatic carbocycles. The Labute approximate surface area is 130 Å². The van der Waals surface area contributed by atoms with Crippen molar-refractivity contribution >= 4 is 11.8 Å². The van der Waals surface area contributed by atoms with Crippen LogP contribution in [0, 0.1) is 5.92 Å². The number of benzene rings is 1. The van der Waals surface area contributed by atoms with Crippen LogP contribution in [0.3, 0.4) is 0 Å². The number of rotatable bonds is 3. The van der Waals surface area contributed by atoms with Crippen LogP contribution in [-0.4, -0.2) is 49.6 Å². The zero-order valence-corrected chi connectivity index (χ0v) is 12.8. The van der Waals surface area contributed by atoms with Crippen molar-refractivity contribution in [3.05, 3.63) is 35.9 Å². The van der Waals surface area contributed by atoms with Crippen molar-refractivity contribution in [1.29, 1.82) is 0 Å². The molecule has 5 heteroatoms. The van der Waals surface area contributed by atoms with Crippen LogP contribution < -0.4 is 5.32 Å². The highest BCUT2D eigenvalue weighted by Gasteiger charge is 2.35. The smallest absolute Gasteiger partial charge is 0.226 e. The maximum Gasteiger partial charge on any atom is 0.226 e. The lowest BCUT2D eigenvalue weighted by atomic mass is 9.82. The van der Waals surface area contributed by atoms with E-state index in [9.17, 15) is 9.59 Å². The minimum absolute atomic E-state index is 0.00153. The standard InChI is InChI=1S/C17H22N2O3/c1-19-10-13(9-16(19)20)18-17(21)15-11-22-8-7-14(15)12-5-3-2-4-6-12/h2-6,13-15H,7-11H2,1H3,(H,18,21)/t13?,14-,15-/m1/s1. The number of ether oxygens (including phenoxy) is 1. The molecule has 2 heterocycles. The molecular weight excluding hydrogens is 280 g/mol. The summed E-state index contributed by atoms with van der Waals surface area (Å²) in [4.78, 5) is 25.9. The van der Waals surface area contributed by atoms with E-state index in [0.717, 1.165) is 6.42 Å². The molecule has 2 aliphatic rings. The number of hydrogen-bond acceptors (Lipinski definition) is 3. The van der Waals surface area contributed by atoms with Gasteiger partial charge in [0.05, 0.1) is 18.6 Å². The summed E-state index contributed by atoms with van der Waals surface area (Å²) in [6, 6.07) is 10.1. The molecule has 0 aromatic heterocycles. The summed E-state index contributed by atoms with van der Waals surface area (Å²) in [5.74, 6) is 0.0911. The Bertz CT molecular complexity index is 546. The van der Waals surface area contributed by atoms with E-state index < -0.39 is 0 Å². The second kappa shape index (κ2) is 6.48. The van der Waals surface area contributed by atoms with Crippen LogP contribution in [0.1, 0.15) is 24.3 Å². The number of likely N-dealkylation sites (tertiary alicyclic amines) is 1. The van der Waals surface area contributed by atoms with Gasteiger partial charge in [0.2, 0.25) is 11.8 Å². The fourth-order valence-electron chi connectivity index (χ4n) is 3.36. The van der Waals surface area contributed by atoms with Crippen molar-refractivity contribution in [3.8, 4) is 0 Å².